The number of esters is 1. The van der Waals surface area contributed by atoms with Crippen molar-refractivity contribution in [1.29, 1.82) is 0 Å². The van der Waals surface area contributed by atoms with E-state index in [0.29, 0.717) is 39.0 Å². The molecule has 2 unspecified atom stereocenters. The van der Waals surface area contributed by atoms with Crippen LogP contribution >= 0.6 is 0 Å². The monoisotopic (exact) mass is 460 g/mol. The van der Waals surface area contributed by atoms with Crippen molar-refractivity contribution in [2.24, 2.45) is 5.41 Å². The summed E-state index contributed by atoms with van der Waals surface area (Å²) in [7, 11) is 0. The number of likely N-dealkylation sites (tertiary alicyclic amines) is 1. The third-order valence-corrected chi connectivity index (χ3v) is 6.82. The van der Waals surface area contributed by atoms with Crippen molar-refractivity contribution in [3.63, 3.8) is 0 Å². The molecule has 8 nitrogen and oxygen atoms in total. The minimum Gasteiger partial charge on any atom is -0.480 e. The average molecular weight is 461 g/mol. The molecule has 0 aromatic heterocycles. The van der Waals surface area contributed by atoms with Crippen LogP contribution in [0, 0.1) is 5.41 Å². The van der Waals surface area contributed by atoms with Gasteiger partial charge >= 0.3 is 11.9 Å². The minimum atomic E-state index is -0.994. The number of carbonyl (C=O) groups excluding carboxylic acids is 2. The van der Waals surface area contributed by atoms with E-state index in [4.69, 9.17) is 9.47 Å². The van der Waals surface area contributed by atoms with Crippen molar-refractivity contribution in [3.05, 3.63) is 35.9 Å². The summed E-state index contributed by atoms with van der Waals surface area (Å²) in [4.78, 5) is 39.4. The SMILES string of the molecule is CCOC(=O)C(CCc1ccccc1)N[C@@H](C)C(=O)N1CCC2(CCCOC2)C[C@H]1C(=O)O. The molecule has 4 atom stereocenters. The molecule has 2 fully saturated rings. The molecular formula is C25H36N2O6. The predicted molar refractivity (Wildman–Crippen MR) is 123 cm³/mol. The van der Waals surface area contributed by atoms with E-state index in [9.17, 15) is 19.5 Å². The Bertz CT molecular complexity index is 808. The number of aryl methyl sites for hydroxylation is 1. The lowest BCUT2D eigenvalue weighted by molar-refractivity contribution is -0.159. The van der Waals surface area contributed by atoms with Gasteiger partial charge in [0.05, 0.1) is 19.3 Å². The van der Waals surface area contributed by atoms with Crippen molar-refractivity contribution in [2.45, 2.75) is 70.5 Å². The molecule has 1 aromatic carbocycles. The van der Waals surface area contributed by atoms with Gasteiger partial charge in [-0.05, 0) is 63.4 Å². The first-order chi connectivity index (χ1) is 15.8. The van der Waals surface area contributed by atoms with Crippen LogP contribution in [0.1, 0.15) is 51.5 Å². The van der Waals surface area contributed by atoms with E-state index in [0.717, 1.165) is 24.8 Å². The van der Waals surface area contributed by atoms with Gasteiger partial charge in [0, 0.05) is 13.2 Å². The van der Waals surface area contributed by atoms with E-state index in [1.54, 1.807) is 13.8 Å². The van der Waals surface area contributed by atoms with E-state index in [-0.39, 0.29) is 17.9 Å². The molecule has 3 rings (SSSR count). The van der Waals surface area contributed by atoms with Crippen LogP contribution in [0.4, 0.5) is 0 Å². The first kappa shape index (κ1) is 25.2. The molecule has 33 heavy (non-hydrogen) atoms. The summed E-state index contributed by atoms with van der Waals surface area (Å²) in [5.74, 6) is -1.70. The molecule has 1 spiro atoms. The van der Waals surface area contributed by atoms with Gasteiger partial charge in [0.1, 0.15) is 12.1 Å². The predicted octanol–water partition coefficient (Wildman–Crippen LogP) is 2.40. The maximum atomic E-state index is 13.3. The highest BCUT2D eigenvalue weighted by Crippen LogP contribution is 2.41. The standard InChI is InChI=1S/C25H36N2O6/c1-3-33-24(31)20(11-10-19-8-5-4-6-9-19)26-18(2)22(28)27-14-13-25(12-7-15-32-17-25)16-21(27)23(29)30/h4-6,8-9,18,20-21,26H,3,7,10-17H2,1-2H3,(H,29,30)/t18-,20?,21-,25?/m0/s1. The molecule has 1 aromatic rings. The van der Waals surface area contributed by atoms with E-state index in [1.807, 2.05) is 30.3 Å². The number of aliphatic carboxylic acids is 1. The number of ether oxygens (including phenoxy) is 2. The molecule has 2 N–H and O–H groups in total. The quantitative estimate of drug-likeness (QED) is 0.545. The molecule has 182 valence electrons. The molecule has 2 aliphatic rings. The highest BCUT2D eigenvalue weighted by atomic mass is 16.5. The molecule has 8 heteroatoms. The molecule has 2 aliphatic heterocycles. The number of carboxylic acid groups (broad SMARTS) is 1. The van der Waals surface area contributed by atoms with Crippen molar-refractivity contribution >= 4 is 17.8 Å². The normalized spacial score (nSPS) is 24.8. The number of nitrogens with one attached hydrogen (secondary N) is 1. The van der Waals surface area contributed by atoms with Gasteiger partial charge in [-0.3, -0.25) is 14.9 Å². The Morgan fingerprint density at radius 3 is 2.67 bits per heavy atom. The molecule has 0 saturated carbocycles. The summed E-state index contributed by atoms with van der Waals surface area (Å²) >= 11 is 0. The third-order valence-electron chi connectivity index (χ3n) is 6.82. The number of carboxylic acids is 1. The van der Waals surface area contributed by atoms with E-state index < -0.39 is 30.1 Å². The zero-order chi connectivity index (χ0) is 23.8. The second-order valence-electron chi connectivity index (χ2n) is 9.21. The number of amides is 1. The Kier molecular flexibility index (Phi) is 8.86. The maximum Gasteiger partial charge on any atom is 0.326 e. The minimum absolute atomic E-state index is 0.169. The summed E-state index contributed by atoms with van der Waals surface area (Å²) in [6, 6.07) is 7.56. The van der Waals surface area contributed by atoms with E-state index >= 15 is 0 Å². The highest BCUT2D eigenvalue weighted by molar-refractivity contribution is 5.88. The fraction of sp³-hybridized carbons (Fsp3) is 0.640. The second-order valence-corrected chi connectivity index (χ2v) is 9.21. The molecular weight excluding hydrogens is 424 g/mol. The summed E-state index contributed by atoms with van der Waals surface area (Å²) in [5.41, 5.74) is 0.923. The molecule has 0 radical (unpaired) electrons. The zero-order valence-electron chi connectivity index (χ0n) is 19.6. The van der Waals surface area contributed by atoms with Crippen molar-refractivity contribution in [2.75, 3.05) is 26.4 Å². The van der Waals surface area contributed by atoms with Gasteiger partial charge in [-0.1, -0.05) is 30.3 Å². The Morgan fingerprint density at radius 1 is 1.27 bits per heavy atom. The van der Waals surface area contributed by atoms with Gasteiger partial charge in [-0.2, -0.15) is 0 Å². The Labute approximate surface area is 195 Å². The van der Waals surface area contributed by atoms with Crippen molar-refractivity contribution in [1.82, 2.24) is 10.2 Å². The molecule has 1 amide bonds. The van der Waals surface area contributed by atoms with Crippen molar-refractivity contribution < 1.29 is 29.0 Å². The fourth-order valence-electron chi connectivity index (χ4n) is 4.98. The fourth-order valence-corrected chi connectivity index (χ4v) is 4.98. The van der Waals surface area contributed by atoms with Gasteiger partial charge in [0.2, 0.25) is 5.91 Å². The molecule has 0 aliphatic carbocycles. The van der Waals surface area contributed by atoms with Gasteiger partial charge in [0.25, 0.3) is 0 Å². The van der Waals surface area contributed by atoms with Gasteiger partial charge in [0.15, 0.2) is 0 Å². The number of hydrogen-bond acceptors (Lipinski definition) is 6. The lowest BCUT2D eigenvalue weighted by atomic mass is 9.71. The number of rotatable bonds is 9. The number of carbonyl (C=O) groups is 3. The summed E-state index contributed by atoms with van der Waals surface area (Å²) in [5, 5.41) is 13.0. The summed E-state index contributed by atoms with van der Waals surface area (Å²) < 4.78 is 10.9. The lowest BCUT2D eigenvalue weighted by Gasteiger charge is -2.47. The van der Waals surface area contributed by atoms with E-state index in [2.05, 4.69) is 5.32 Å². The Morgan fingerprint density at radius 2 is 2.03 bits per heavy atom. The number of hydrogen-bond donors (Lipinski definition) is 2. The molecule has 2 heterocycles. The lowest BCUT2D eigenvalue weighted by Crippen LogP contribution is -2.59. The second kappa shape index (κ2) is 11.6. The zero-order valence-corrected chi connectivity index (χ0v) is 19.6. The van der Waals surface area contributed by atoms with Crippen LogP contribution in [-0.4, -0.2) is 72.3 Å². The van der Waals surface area contributed by atoms with Crippen LogP contribution in [0.3, 0.4) is 0 Å². The smallest absolute Gasteiger partial charge is 0.326 e. The van der Waals surface area contributed by atoms with Gasteiger partial charge < -0.3 is 19.5 Å². The van der Waals surface area contributed by atoms with Crippen molar-refractivity contribution in [3.8, 4) is 0 Å². The van der Waals surface area contributed by atoms with Crippen LogP contribution < -0.4 is 5.32 Å². The summed E-state index contributed by atoms with van der Waals surface area (Å²) in [6.07, 6.45) is 4.10. The van der Waals surface area contributed by atoms with Crippen LogP contribution in [0.15, 0.2) is 30.3 Å². The first-order valence-electron chi connectivity index (χ1n) is 11.9. The first-order valence-corrected chi connectivity index (χ1v) is 11.9. The average Bonchev–Trinajstić information content (AvgIpc) is 2.82. The number of benzene rings is 1. The van der Waals surface area contributed by atoms with Gasteiger partial charge in [-0.15, -0.1) is 0 Å². The third kappa shape index (κ3) is 6.54. The maximum absolute atomic E-state index is 13.3. The van der Waals surface area contributed by atoms with Gasteiger partial charge in [-0.25, -0.2) is 4.79 Å². The van der Waals surface area contributed by atoms with Crippen LogP contribution in [0.25, 0.3) is 0 Å². The summed E-state index contributed by atoms with van der Waals surface area (Å²) in [6.45, 7) is 5.32. The Balaban J connectivity index is 1.66. The number of nitrogens with zero attached hydrogens (tertiary/aromatic N) is 1. The van der Waals surface area contributed by atoms with E-state index in [1.165, 1.54) is 4.90 Å². The number of piperidine rings is 1. The Hall–Kier alpha value is -2.45. The topological polar surface area (TPSA) is 105 Å². The van der Waals surface area contributed by atoms with Crippen LogP contribution in [0.2, 0.25) is 0 Å². The molecule has 0 bridgehead atoms. The largest absolute Gasteiger partial charge is 0.480 e. The van der Waals surface area contributed by atoms with Crippen LogP contribution in [0.5, 0.6) is 0 Å². The van der Waals surface area contributed by atoms with Crippen LogP contribution in [-0.2, 0) is 30.3 Å². The highest BCUT2D eigenvalue weighted by Gasteiger charge is 2.46. The molecule has 2 saturated heterocycles.